The normalized spacial score (nSPS) is 26.2. The van der Waals surface area contributed by atoms with E-state index in [1.165, 1.54) is 10.8 Å². The summed E-state index contributed by atoms with van der Waals surface area (Å²) in [5.41, 5.74) is 1.78. The second kappa shape index (κ2) is 8.10. The van der Waals surface area contributed by atoms with E-state index in [1.54, 1.807) is 6.20 Å². The summed E-state index contributed by atoms with van der Waals surface area (Å²) in [6, 6.07) is 9.35. The van der Waals surface area contributed by atoms with Crippen molar-refractivity contribution in [2.45, 2.75) is 50.7 Å². The Labute approximate surface area is 183 Å². The fraction of sp³-hybridized carbons (Fsp3) is 0.429. The third-order valence-electron chi connectivity index (χ3n) is 5.38. The molecule has 168 valence electrons. The zero-order chi connectivity index (χ0) is 22.3. The van der Waals surface area contributed by atoms with Gasteiger partial charge in [0.1, 0.15) is 37.4 Å². The minimum absolute atomic E-state index is 0.127. The monoisotopic (exact) mass is 441 g/mol. The summed E-state index contributed by atoms with van der Waals surface area (Å²) in [5, 5.41) is 16.6. The summed E-state index contributed by atoms with van der Waals surface area (Å²) in [5.74, 6) is -0.600. The van der Waals surface area contributed by atoms with Crippen LogP contribution in [0.1, 0.15) is 31.2 Å². The van der Waals surface area contributed by atoms with E-state index in [2.05, 4.69) is 20.4 Å². The van der Waals surface area contributed by atoms with Crippen LogP contribution in [-0.2, 0) is 25.6 Å². The molecule has 3 aromatic rings. The molecule has 2 fully saturated rings. The highest BCUT2D eigenvalue weighted by atomic mass is 16.8. The average Bonchev–Trinajstić information content (AvgIpc) is 3.44. The van der Waals surface area contributed by atoms with E-state index in [0.29, 0.717) is 11.3 Å². The number of hydrogen-bond acceptors (Lipinski definition) is 9. The van der Waals surface area contributed by atoms with Crippen LogP contribution in [0.15, 0.2) is 42.9 Å². The summed E-state index contributed by atoms with van der Waals surface area (Å²) in [6.07, 6.45) is 0.261. The van der Waals surface area contributed by atoms with Gasteiger partial charge in [0, 0.05) is 0 Å². The van der Waals surface area contributed by atoms with Gasteiger partial charge >= 0.3 is 6.09 Å². The SMILES string of the molecule is CC1(C)O[C@@H]2[C@H](O1)[C@@H](CO)O[C@H]2c1cnc2c(NC(=O)OCc3ccccc3)ncnn12. The van der Waals surface area contributed by atoms with Gasteiger partial charge in [0.15, 0.2) is 17.3 Å². The molecular weight excluding hydrogens is 418 g/mol. The first kappa shape index (κ1) is 20.8. The van der Waals surface area contributed by atoms with E-state index < -0.39 is 36.3 Å². The maximum atomic E-state index is 12.3. The molecule has 0 unspecified atom stereocenters. The number of benzene rings is 1. The Morgan fingerprint density at radius 3 is 2.78 bits per heavy atom. The van der Waals surface area contributed by atoms with Gasteiger partial charge < -0.3 is 24.1 Å². The molecule has 0 aliphatic carbocycles. The number of nitrogens with zero attached hydrogens (tertiary/aromatic N) is 4. The van der Waals surface area contributed by atoms with Crippen molar-refractivity contribution in [3.05, 3.63) is 54.1 Å². The van der Waals surface area contributed by atoms with Crippen molar-refractivity contribution in [2.24, 2.45) is 0 Å². The molecule has 2 aliphatic heterocycles. The van der Waals surface area contributed by atoms with Crippen LogP contribution in [0.2, 0.25) is 0 Å². The fourth-order valence-electron chi connectivity index (χ4n) is 4.04. The predicted molar refractivity (Wildman–Crippen MR) is 110 cm³/mol. The summed E-state index contributed by atoms with van der Waals surface area (Å²) in [7, 11) is 0. The molecule has 0 spiro atoms. The molecule has 4 heterocycles. The maximum absolute atomic E-state index is 12.3. The number of rotatable bonds is 5. The largest absolute Gasteiger partial charge is 0.444 e. The lowest BCUT2D eigenvalue weighted by molar-refractivity contribution is -0.191. The number of carbonyl (C=O) groups excluding carboxylic acids is 1. The second-order valence-electron chi connectivity index (χ2n) is 8.06. The summed E-state index contributed by atoms with van der Waals surface area (Å²) >= 11 is 0. The first-order valence-electron chi connectivity index (χ1n) is 10.2. The van der Waals surface area contributed by atoms with Crippen LogP contribution in [-0.4, -0.2) is 61.5 Å². The molecule has 11 nitrogen and oxygen atoms in total. The van der Waals surface area contributed by atoms with Crippen molar-refractivity contribution in [1.29, 1.82) is 0 Å². The van der Waals surface area contributed by atoms with Crippen molar-refractivity contribution < 1.29 is 28.8 Å². The zero-order valence-electron chi connectivity index (χ0n) is 17.5. The van der Waals surface area contributed by atoms with Crippen LogP contribution in [0, 0.1) is 0 Å². The van der Waals surface area contributed by atoms with Gasteiger partial charge in [0.25, 0.3) is 0 Å². The number of anilines is 1. The molecule has 2 aromatic heterocycles. The van der Waals surface area contributed by atoms with Gasteiger partial charge in [-0.25, -0.2) is 19.3 Å². The van der Waals surface area contributed by atoms with Crippen molar-refractivity contribution >= 4 is 17.6 Å². The Hall–Kier alpha value is -3.12. The average molecular weight is 441 g/mol. The van der Waals surface area contributed by atoms with Gasteiger partial charge in [-0.1, -0.05) is 30.3 Å². The van der Waals surface area contributed by atoms with E-state index in [1.807, 2.05) is 44.2 Å². The minimum atomic E-state index is -0.796. The smallest absolute Gasteiger partial charge is 0.413 e. The minimum Gasteiger partial charge on any atom is -0.444 e. The lowest BCUT2D eigenvalue weighted by Crippen LogP contribution is -2.31. The molecule has 4 atom stereocenters. The van der Waals surface area contributed by atoms with Gasteiger partial charge in [-0.15, -0.1) is 0 Å². The molecule has 0 radical (unpaired) electrons. The fourth-order valence-corrected chi connectivity index (χ4v) is 4.04. The van der Waals surface area contributed by atoms with Crippen molar-refractivity contribution in [3.63, 3.8) is 0 Å². The van der Waals surface area contributed by atoms with Crippen LogP contribution in [0.5, 0.6) is 0 Å². The third kappa shape index (κ3) is 3.79. The lowest BCUT2D eigenvalue weighted by Gasteiger charge is -2.23. The highest BCUT2D eigenvalue weighted by molar-refractivity contribution is 5.87. The van der Waals surface area contributed by atoms with E-state index in [-0.39, 0.29) is 19.0 Å². The number of aliphatic hydroxyl groups is 1. The predicted octanol–water partition coefficient (Wildman–Crippen LogP) is 1.83. The zero-order valence-corrected chi connectivity index (χ0v) is 17.5. The van der Waals surface area contributed by atoms with E-state index in [9.17, 15) is 9.90 Å². The molecule has 5 rings (SSSR count). The number of aromatic nitrogens is 4. The molecule has 0 saturated carbocycles. The quantitative estimate of drug-likeness (QED) is 0.609. The first-order chi connectivity index (χ1) is 15.4. The standard InChI is InChI=1S/C21H23N5O6/c1-21(2)31-16-14(9-27)30-15(17(16)32-21)13-8-22-19-18(23-11-24-26(13)19)25-20(28)29-10-12-6-4-3-5-7-12/h3-8,11,14-17,27H,9-10H2,1-2H3,(H,23,24,25,28)/t14-,15+,16-,17+/m1/s1. The lowest BCUT2D eigenvalue weighted by atomic mass is 10.1. The summed E-state index contributed by atoms with van der Waals surface area (Å²) < 4.78 is 24.7. The molecule has 1 aromatic carbocycles. The number of carbonyl (C=O) groups is 1. The Kier molecular flexibility index (Phi) is 5.25. The van der Waals surface area contributed by atoms with Crippen LogP contribution in [0.4, 0.5) is 10.6 Å². The maximum Gasteiger partial charge on any atom is 0.413 e. The second-order valence-corrected chi connectivity index (χ2v) is 8.06. The van der Waals surface area contributed by atoms with Crippen molar-refractivity contribution in [2.75, 3.05) is 11.9 Å². The topological polar surface area (TPSA) is 129 Å². The summed E-state index contributed by atoms with van der Waals surface area (Å²) in [4.78, 5) is 20.8. The Balaban J connectivity index is 1.36. The van der Waals surface area contributed by atoms with E-state index in [0.717, 1.165) is 5.56 Å². The van der Waals surface area contributed by atoms with Crippen molar-refractivity contribution in [3.8, 4) is 0 Å². The number of aliphatic hydroxyl groups excluding tert-OH is 1. The molecule has 2 N–H and O–H groups in total. The Morgan fingerprint density at radius 2 is 2.00 bits per heavy atom. The molecule has 0 bridgehead atoms. The Bertz CT molecular complexity index is 1120. The van der Waals surface area contributed by atoms with Gasteiger partial charge in [-0.2, -0.15) is 5.10 Å². The third-order valence-corrected chi connectivity index (χ3v) is 5.38. The molecule has 11 heteroatoms. The van der Waals surface area contributed by atoms with Crippen molar-refractivity contribution in [1.82, 2.24) is 19.6 Å². The molecular formula is C21H23N5O6. The van der Waals surface area contributed by atoms with Crippen LogP contribution >= 0.6 is 0 Å². The highest BCUT2D eigenvalue weighted by Gasteiger charge is 2.56. The molecule has 32 heavy (non-hydrogen) atoms. The number of hydrogen-bond donors (Lipinski definition) is 2. The number of amides is 1. The van der Waals surface area contributed by atoms with Gasteiger partial charge in [0.05, 0.1) is 18.5 Å². The summed E-state index contributed by atoms with van der Waals surface area (Å²) in [6.45, 7) is 3.55. The van der Waals surface area contributed by atoms with Crippen LogP contribution < -0.4 is 5.32 Å². The first-order valence-corrected chi connectivity index (χ1v) is 10.2. The van der Waals surface area contributed by atoms with Gasteiger partial charge in [-0.05, 0) is 19.4 Å². The van der Waals surface area contributed by atoms with E-state index in [4.69, 9.17) is 18.9 Å². The molecule has 2 saturated heterocycles. The highest BCUT2D eigenvalue weighted by Crippen LogP contribution is 2.45. The number of nitrogens with one attached hydrogen (secondary N) is 1. The molecule has 2 aliphatic rings. The number of imidazole rings is 1. The Morgan fingerprint density at radius 1 is 1.22 bits per heavy atom. The number of ether oxygens (including phenoxy) is 4. The van der Waals surface area contributed by atoms with Gasteiger partial charge in [0.2, 0.25) is 0 Å². The van der Waals surface area contributed by atoms with Crippen LogP contribution in [0.3, 0.4) is 0 Å². The van der Waals surface area contributed by atoms with Gasteiger partial charge in [-0.3, -0.25) is 5.32 Å². The number of fused-ring (bicyclic) bond motifs is 2. The van der Waals surface area contributed by atoms with E-state index >= 15 is 0 Å². The molecule has 1 amide bonds. The van der Waals surface area contributed by atoms with Crippen LogP contribution in [0.25, 0.3) is 5.65 Å².